The summed E-state index contributed by atoms with van der Waals surface area (Å²) < 4.78 is 9.68. The molecule has 0 aliphatic rings. The molecule has 1 amide bonds. The molecule has 0 saturated carbocycles. The largest absolute Gasteiger partial charge is 0.462 e. The first-order valence-electron chi connectivity index (χ1n) is 4.61. The summed E-state index contributed by atoms with van der Waals surface area (Å²) in [5, 5.41) is 2.38. The van der Waals surface area contributed by atoms with Crippen LogP contribution in [0.5, 0.6) is 0 Å². The Labute approximate surface area is 87.4 Å². The van der Waals surface area contributed by atoms with Crippen LogP contribution in [-0.4, -0.2) is 24.5 Å². The standard InChI is InChI=1S/C10H13NO4/c1-7(2)15-9(12)6-11-10(13)8-4-3-5-14-8/h3-5,7H,6H2,1-2H3,(H,11,13). The number of nitrogens with one attached hydrogen (secondary N) is 1. The third kappa shape index (κ3) is 3.84. The number of hydrogen-bond donors (Lipinski definition) is 1. The minimum absolute atomic E-state index is 0.155. The molecule has 0 saturated heterocycles. The fraction of sp³-hybridized carbons (Fsp3) is 0.400. The van der Waals surface area contributed by atoms with Crippen LogP contribution in [-0.2, 0) is 9.53 Å². The lowest BCUT2D eigenvalue weighted by atomic mass is 10.4. The quantitative estimate of drug-likeness (QED) is 0.753. The highest BCUT2D eigenvalue weighted by molar-refractivity contribution is 5.93. The van der Waals surface area contributed by atoms with Crippen molar-refractivity contribution in [2.75, 3.05) is 6.54 Å². The van der Waals surface area contributed by atoms with Gasteiger partial charge in [-0.05, 0) is 26.0 Å². The molecule has 0 aromatic carbocycles. The zero-order valence-corrected chi connectivity index (χ0v) is 8.65. The van der Waals surface area contributed by atoms with Gasteiger partial charge in [-0.3, -0.25) is 9.59 Å². The van der Waals surface area contributed by atoms with E-state index in [4.69, 9.17) is 9.15 Å². The van der Waals surface area contributed by atoms with Crippen LogP contribution < -0.4 is 5.32 Å². The zero-order chi connectivity index (χ0) is 11.3. The van der Waals surface area contributed by atoms with Gasteiger partial charge in [0, 0.05) is 0 Å². The van der Waals surface area contributed by atoms with Crippen LogP contribution in [0.1, 0.15) is 24.4 Å². The molecule has 0 bridgehead atoms. The summed E-state index contributed by atoms with van der Waals surface area (Å²) in [5.41, 5.74) is 0. The zero-order valence-electron chi connectivity index (χ0n) is 8.65. The monoisotopic (exact) mass is 211 g/mol. The van der Waals surface area contributed by atoms with Gasteiger partial charge in [-0.25, -0.2) is 0 Å². The lowest BCUT2D eigenvalue weighted by molar-refractivity contribution is -0.146. The Morgan fingerprint density at radius 3 is 2.80 bits per heavy atom. The van der Waals surface area contributed by atoms with Crippen molar-refractivity contribution in [3.63, 3.8) is 0 Å². The van der Waals surface area contributed by atoms with E-state index in [1.165, 1.54) is 12.3 Å². The van der Waals surface area contributed by atoms with E-state index in [-0.39, 0.29) is 18.4 Å². The van der Waals surface area contributed by atoms with Crippen LogP contribution in [0.2, 0.25) is 0 Å². The van der Waals surface area contributed by atoms with Crippen molar-refractivity contribution in [1.29, 1.82) is 0 Å². The summed E-state index contributed by atoms with van der Waals surface area (Å²) in [7, 11) is 0. The van der Waals surface area contributed by atoms with E-state index in [2.05, 4.69) is 5.32 Å². The van der Waals surface area contributed by atoms with Gasteiger partial charge in [0.1, 0.15) is 6.54 Å². The van der Waals surface area contributed by atoms with Crippen molar-refractivity contribution in [1.82, 2.24) is 5.32 Å². The van der Waals surface area contributed by atoms with Gasteiger partial charge >= 0.3 is 5.97 Å². The average Bonchev–Trinajstić information content (AvgIpc) is 2.65. The van der Waals surface area contributed by atoms with E-state index in [1.54, 1.807) is 19.9 Å². The molecule has 0 atom stereocenters. The molecule has 0 radical (unpaired) electrons. The number of hydrogen-bond acceptors (Lipinski definition) is 4. The van der Waals surface area contributed by atoms with Gasteiger partial charge in [0.05, 0.1) is 12.4 Å². The van der Waals surface area contributed by atoms with Gasteiger partial charge in [-0.15, -0.1) is 0 Å². The Morgan fingerprint density at radius 2 is 2.27 bits per heavy atom. The van der Waals surface area contributed by atoms with Crippen molar-refractivity contribution in [2.45, 2.75) is 20.0 Å². The van der Waals surface area contributed by atoms with E-state index in [1.807, 2.05) is 0 Å². The van der Waals surface area contributed by atoms with Gasteiger partial charge in [0.25, 0.3) is 5.91 Å². The Morgan fingerprint density at radius 1 is 1.53 bits per heavy atom. The second kappa shape index (κ2) is 5.19. The molecular weight excluding hydrogens is 198 g/mol. The molecule has 1 aromatic rings. The molecule has 0 spiro atoms. The van der Waals surface area contributed by atoms with Crippen LogP contribution in [0.15, 0.2) is 22.8 Å². The number of carbonyl (C=O) groups is 2. The highest BCUT2D eigenvalue weighted by Gasteiger charge is 2.11. The summed E-state index contributed by atoms with van der Waals surface area (Å²) in [4.78, 5) is 22.3. The number of carbonyl (C=O) groups excluding carboxylic acids is 2. The average molecular weight is 211 g/mol. The van der Waals surface area contributed by atoms with Gasteiger partial charge in [0.2, 0.25) is 0 Å². The van der Waals surface area contributed by atoms with Crippen LogP contribution in [0.4, 0.5) is 0 Å². The van der Waals surface area contributed by atoms with Gasteiger partial charge in [-0.2, -0.15) is 0 Å². The summed E-state index contributed by atoms with van der Waals surface area (Å²) in [6, 6.07) is 3.12. The molecule has 15 heavy (non-hydrogen) atoms. The van der Waals surface area contributed by atoms with Crippen molar-refractivity contribution in [2.24, 2.45) is 0 Å². The first-order valence-corrected chi connectivity index (χ1v) is 4.61. The molecule has 1 aromatic heterocycles. The summed E-state index contributed by atoms with van der Waals surface area (Å²) >= 11 is 0. The molecule has 5 nitrogen and oxygen atoms in total. The van der Waals surface area contributed by atoms with Crippen molar-refractivity contribution in [3.05, 3.63) is 24.2 Å². The minimum Gasteiger partial charge on any atom is -0.462 e. The number of rotatable bonds is 4. The number of esters is 1. The molecule has 0 fully saturated rings. The Kier molecular flexibility index (Phi) is 3.91. The fourth-order valence-corrected chi connectivity index (χ4v) is 0.952. The predicted molar refractivity (Wildman–Crippen MR) is 52.3 cm³/mol. The first-order chi connectivity index (χ1) is 7.09. The van der Waals surface area contributed by atoms with E-state index >= 15 is 0 Å². The van der Waals surface area contributed by atoms with E-state index in [9.17, 15) is 9.59 Å². The molecular formula is C10H13NO4. The molecule has 0 aliphatic heterocycles. The lowest BCUT2D eigenvalue weighted by Gasteiger charge is -2.07. The normalized spacial score (nSPS) is 10.1. The lowest BCUT2D eigenvalue weighted by Crippen LogP contribution is -2.31. The SMILES string of the molecule is CC(C)OC(=O)CNC(=O)c1ccco1. The Balaban J connectivity index is 2.32. The fourth-order valence-electron chi connectivity index (χ4n) is 0.952. The maximum atomic E-state index is 11.3. The van der Waals surface area contributed by atoms with Gasteiger partial charge in [0.15, 0.2) is 5.76 Å². The summed E-state index contributed by atoms with van der Waals surface area (Å²) in [6.07, 6.45) is 1.21. The number of furan rings is 1. The second-order valence-electron chi connectivity index (χ2n) is 3.20. The molecule has 5 heteroatoms. The highest BCUT2D eigenvalue weighted by Crippen LogP contribution is 1.98. The smallest absolute Gasteiger partial charge is 0.325 e. The Hall–Kier alpha value is -1.78. The molecule has 0 unspecified atom stereocenters. The van der Waals surface area contributed by atoms with E-state index in [0.717, 1.165) is 0 Å². The third-order valence-electron chi connectivity index (χ3n) is 1.51. The van der Waals surface area contributed by atoms with Crippen molar-refractivity contribution in [3.8, 4) is 0 Å². The van der Waals surface area contributed by atoms with E-state index < -0.39 is 11.9 Å². The highest BCUT2D eigenvalue weighted by atomic mass is 16.5. The maximum absolute atomic E-state index is 11.3. The number of ether oxygens (including phenoxy) is 1. The molecule has 1 N–H and O–H groups in total. The van der Waals surface area contributed by atoms with Crippen LogP contribution in [0, 0.1) is 0 Å². The maximum Gasteiger partial charge on any atom is 0.325 e. The molecule has 1 heterocycles. The topological polar surface area (TPSA) is 68.5 Å². The van der Waals surface area contributed by atoms with Crippen molar-refractivity contribution < 1.29 is 18.7 Å². The van der Waals surface area contributed by atoms with Crippen molar-refractivity contribution >= 4 is 11.9 Å². The molecule has 82 valence electrons. The molecule has 0 aliphatic carbocycles. The van der Waals surface area contributed by atoms with Gasteiger partial charge in [-0.1, -0.05) is 0 Å². The molecule has 1 rings (SSSR count). The first kappa shape index (κ1) is 11.3. The Bertz CT molecular complexity index is 329. The second-order valence-corrected chi connectivity index (χ2v) is 3.20. The van der Waals surface area contributed by atoms with Crippen LogP contribution >= 0.6 is 0 Å². The van der Waals surface area contributed by atoms with Crippen LogP contribution in [0.3, 0.4) is 0 Å². The summed E-state index contributed by atoms with van der Waals surface area (Å²) in [6.45, 7) is 3.33. The van der Waals surface area contributed by atoms with Gasteiger partial charge < -0.3 is 14.5 Å². The minimum atomic E-state index is -0.468. The van der Waals surface area contributed by atoms with Crippen LogP contribution in [0.25, 0.3) is 0 Å². The van der Waals surface area contributed by atoms with E-state index in [0.29, 0.717) is 0 Å². The number of amides is 1. The predicted octanol–water partition coefficient (Wildman–Crippen LogP) is 0.961. The summed E-state index contributed by atoms with van der Waals surface area (Å²) in [5.74, 6) is -0.724. The third-order valence-corrected chi connectivity index (χ3v) is 1.51.